The first kappa shape index (κ1) is 17.3. The molecule has 2 aliphatic heterocycles. The summed E-state index contributed by atoms with van der Waals surface area (Å²) in [5, 5.41) is 9.90. The molecule has 1 fully saturated rings. The van der Waals surface area contributed by atoms with Gasteiger partial charge in [0, 0.05) is 42.7 Å². The van der Waals surface area contributed by atoms with E-state index in [0.717, 1.165) is 53.8 Å². The Morgan fingerprint density at radius 3 is 2.86 bits per heavy atom. The van der Waals surface area contributed by atoms with Gasteiger partial charge in [0.15, 0.2) is 11.5 Å². The minimum Gasteiger partial charge on any atom is -0.486 e. The highest BCUT2D eigenvalue weighted by Gasteiger charge is 2.33. The highest BCUT2D eigenvalue weighted by atomic mass is 16.6. The first-order valence-corrected chi connectivity index (χ1v) is 9.85. The van der Waals surface area contributed by atoms with E-state index in [2.05, 4.69) is 38.1 Å². The van der Waals surface area contributed by atoms with Crippen molar-refractivity contribution < 1.29 is 9.47 Å². The fraction of sp³-hybridized carbons (Fsp3) is 0.429. The summed E-state index contributed by atoms with van der Waals surface area (Å²) in [6.45, 7) is 5.26. The van der Waals surface area contributed by atoms with E-state index in [-0.39, 0.29) is 0 Å². The lowest BCUT2D eigenvalue weighted by Crippen LogP contribution is -2.17. The van der Waals surface area contributed by atoms with Gasteiger partial charge in [-0.2, -0.15) is 4.98 Å². The number of allylic oxidation sites excluding steroid dienone is 1. The molecule has 28 heavy (non-hydrogen) atoms. The average Bonchev–Trinajstić information content (AvgIpc) is 3.29. The smallest absolute Gasteiger partial charge is 0.229 e. The zero-order chi connectivity index (χ0) is 19.1. The molecular formula is C21H25N5O2. The molecular weight excluding hydrogens is 354 g/mol. The average molecular weight is 379 g/mol. The normalized spacial score (nSPS) is 22.6. The van der Waals surface area contributed by atoms with Crippen LogP contribution in [0.15, 0.2) is 24.3 Å². The summed E-state index contributed by atoms with van der Waals surface area (Å²) in [4.78, 5) is 9.01. The number of ether oxygens (including phenoxy) is 2. The Morgan fingerprint density at radius 2 is 2.00 bits per heavy atom. The van der Waals surface area contributed by atoms with Gasteiger partial charge in [-0.3, -0.25) is 0 Å². The Kier molecular flexibility index (Phi) is 4.31. The number of hydrogen-bond donors (Lipinski definition) is 3. The molecule has 1 aromatic carbocycles. The highest BCUT2D eigenvalue weighted by Crippen LogP contribution is 2.46. The van der Waals surface area contributed by atoms with E-state index in [1.165, 1.54) is 5.57 Å². The Morgan fingerprint density at radius 1 is 1.11 bits per heavy atom. The van der Waals surface area contributed by atoms with Gasteiger partial charge in [0.1, 0.15) is 19.0 Å². The number of fused-ring (bicyclic) bond motifs is 2. The lowest BCUT2D eigenvalue weighted by molar-refractivity contribution is 0.171. The van der Waals surface area contributed by atoms with Crippen molar-refractivity contribution in [1.29, 1.82) is 0 Å². The molecule has 5 rings (SSSR count). The quantitative estimate of drug-likeness (QED) is 0.754. The van der Waals surface area contributed by atoms with E-state index in [9.17, 15) is 0 Å². The van der Waals surface area contributed by atoms with E-state index >= 15 is 0 Å². The number of anilines is 3. The summed E-state index contributed by atoms with van der Waals surface area (Å²) in [5.41, 5.74) is 4.28. The van der Waals surface area contributed by atoms with Crippen LogP contribution in [0.2, 0.25) is 0 Å². The molecule has 0 bridgehead atoms. The molecule has 7 heteroatoms. The second-order valence-corrected chi connectivity index (χ2v) is 7.62. The van der Waals surface area contributed by atoms with Gasteiger partial charge >= 0.3 is 0 Å². The molecule has 0 amide bonds. The molecule has 0 saturated carbocycles. The van der Waals surface area contributed by atoms with E-state index < -0.39 is 0 Å². The highest BCUT2D eigenvalue weighted by molar-refractivity contribution is 5.79. The summed E-state index contributed by atoms with van der Waals surface area (Å²) in [7, 11) is 1.85. The Bertz CT molecular complexity index is 943. The van der Waals surface area contributed by atoms with Crippen molar-refractivity contribution >= 4 is 23.0 Å². The molecule has 2 aromatic rings. The van der Waals surface area contributed by atoms with Gasteiger partial charge in [-0.25, -0.2) is 4.98 Å². The number of aryl methyl sites for hydroxylation is 1. The van der Waals surface area contributed by atoms with Crippen molar-refractivity contribution in [2.75, 3.05) is 44.0 Å². The van der Waals surface area contributed by atoms with Gasteiger partial charge in [-0.15, -0.1) is 0 Å². The van der Waals surface area contributed by atoms with E-state index in [1.54, 1.807) is 0 Å². The monoisotopic (exact) mass is 379 g/mol. The number of benzene rings is 1. The maximum Gasteiger partial charge on any atom is 0.229 e. The second-order valence-electron chi connectivity index (χ2n) is 7.62. The molecule has 146 valence electrons. The SMILES string of the molecule is CNc1cc(C)nc(Nc2cc3c(c(C4=CC5CNC[C@H]5C4)c2)OCCO3)n1. The third-order valence-electron chi connectivity index (χ3n) is 5.64. The minimum atomic E-state index is 0.563. The minimum absolute atomic E-state index is 0.563. The van der Waals surface area contributed by atoms with Gasteiger partial charge in [0.25, 0.3) is 0 Å². The Labute approximate surface area is 164 Å². The summed E-state index contributed by atoms with van der Waals surface area (Å²) in [6, 6.07) is 6.02. The summed E-state index contributed by atoms with van der Waals surface area (Å²) >= 11 is 0. The number of hydrogen-bond acceptors (Lipinski definition) is 7. The van der Waals surface area contributed by atoms with Crippen LogP contribution in [0.4, 0.5) is 17.5 Å². The largest absolute Gasteiger partial charge is 0.486 e. The van der Waals surface area contributed by atoms with Crippen molar-refractivity contribution in [3.05, 3.63) is 35.5 Å². The molecule has 7 nitrogen and oxygen atoms in total. The fourth-order valence-corrected chi connectivity index (χ4v) is 4.33. The maximum absolute atomic E-state index is 6.00. The van der Waals surface area contributed by atoms with Crippen LogP contribution < -0.4 is 25.4 Å². The topological polar surface area (TPSA) is 80.3 Å². The van der Waals surface area contributed by atoms with Gasteiger partial charge in [-0.1, -0.05) is 6.08 Å². The van der Waals surface area contributed by atoms with Gasteiger partial charge in [0.2, 0.25) is 5.95 Å². The van der Waals surface area contributed by atoms with Crippen LogP contribution in [0.3, 0.4) is 0 Å². The molecule has 0 radical (unpaired) electrons. The van der Waals surface area contributed by atoms with Gasteiger partial charge in [0.05, 0.1) is 0 Å². The number of nitrogens with one attached hydrogen (secondary N) is 3. The third kappa shape index (κ3) is 3.16. The second kappa shape index (κ2) is 6.98. The van der Waals surface area contributed by atoms with Crippen molar-refractivity contribution in [2.24, 2.45) is 11.8 Å². The molecule has 1 saturated heterocycles. The van der Waals surface area contributed by atoms with E-state index in [4.69, 9.17) is 9.47 Å². The predicted octanol–water partition coefficient (Wildman–Crippen LogP) is 2.96. The van der Waals surface area contributed by atoms with Crippen LogP contribution in [0.1, 0.15) is 17.7 Å². The lowest BCUT2D eigenvalue weighted by Gasteiger charge is -2.23. The molecule has 2 atom stereocenters. The first-order chi connectivity index (χ1) is 13.7. The molecule has 1 unspecified atom stereocenters. The predicted molar refractivity (Wildman–Crippen MR) is 109 cm³/mol. The van der Waals surface area contributed by atoms with Crippen LogP contribution in [0, 0.1) is 18.8 Å². The molecule has 3 aliphatic rings. The van der Waals surface area contributed by atoms with Crippen LogP contribution in [-0.4, -0.2) is 43.3 Å². The fourth-order valence-electron chi connectivity index (χ4n) is 4.33. The van der Waals surface area contributed by atoms with E-state index in [0.29, 0.717) is 31.0 Å². The number of nitrogens with zero attached hydrogens (tertiary/aromatic N) is 2. The summed E-state index contributed by atoms with van der Waals surface area (Å²) in [6.07, 6.45) is 3.48. The first-order valence-electron chi connectivity index (χ1n) is 9.85. The van der Waals surface area contributed by atoms with Gasteiger partial charge in [-0.05, 0) is 43.4 Å². The van der Waals surface area contributed by atoms with Crippen molar-refractivity contribution in [2.45, 2.75) is 13.3 Å². The van der Waals surface area contributed by atoms with Crippen LogP contribution in [0.25, 0.3) is 5.57 Å². The van der Waals surface area contributed by atoms with Crippen molar-refractivity contribution in [1.82, 2.24) is 15.3 Å². The number of rotatable bonds is 4. The maximum atomic E-state index is 6.00. The zero-order valence-corrected chi connectivity index (χ0v) is 16.2. The van der Waals surface area contributed by atoms with Crippen molar-refractivity contribution in [3.8, 4) is 11.5 Å². The van der Waals surface area contributed by atoms with Crippen LogP contribution in [-0.2, 0) is 0 Å². The third-order valence-corrected chi connectivity index (χ3v) is 5.64. The van der Waals surface area contributed by atoms with Crippen LogP contribution >= 0.6 is 0 Å². The van der Waals surface area contributed by atoms with E-state index in [1.807, 2.05) is 26.1 Å². The lowest BCUT2D eigenvalue weighted by atomic mass is 9.97. The van der Waals surface area contributed by atoms with Crippen LogP contribution in [0.5, 0.6) is 11.5 Å². The standard InChI is InChI=1S/C21H25N5O2/c1-12-5-19(22-2)26-21(24-12)25-16-8-17(20-18(9-16)27-3-4-28-20)13-6-14-10-23-11-15(14)7-13/h5-6,8-9,14-15,23H,3-4,7,10-11H2,1-2H3,(H2,22,24,25,26)/t14?,15-/m1/s1. The Balaban J connectivity index is 1.52. The molecule has 1 aromatic heterocycles. The number of aromatic nitrogens is 2. The molecule has 0 spiro atoms. The molecule has 3 N–H and O–H groups in total. The molecule has 1 aliphatic carbocycles. The van der Waals surface area contributed by atoms with Crippen molar-refractivity contribution in [3.63, 3.8) is 0 Å². The zero-order valence-electron chi connectivity index (χ0n) is 16.2. The Hall–Kier alpha value is -2.80. The van der Waals surface area contributed by atoms with Gasteiger partial charge < -0.3 is 25.4 Å². The molecule has 3 heterocycles. The summed E-state index contributed by atoms with van der Waals surface area (Å²) in [5.74, 6) is 4.29. The summed E-state index contributed by atoms with van der Waals surface area (Å²) < 4.78 is 11.9.